The lowest BCUT2D eigenvalue weighted by Crippen LogP contribution is -2.15. The maximum Gasteiger partial charge on any atom is 0.0548 e. The van der Waals surface area contributed by atoms with Crippen LogP contribution >= 0.6 is 0 Å². The van der Waals surface area contributed by atoms with Crippen LogP contribution in [0.4, 0.5) is 0 Å². The number of rotatable bonds is 5. The quantitative estimate of drug-likeness (QED) is 0.773. The van der Waals surface area contributed by atoms with Gasteiger partial charge < -0.3 is 5.32 Å². The van der Waals surface area contributed by atoms with E-state index in [4.69, 9.17) is 0 Å². The van der Waals surface area contributed by atoms with Crippen LogP contribution in [-0.4, -0.2) is 11.5 Å². The first-order valence-corrected chi connectivity index (χ1v) is 5.94. The Morgan fingerprint density at radius 2 is 2.00 bits per heavy atom. The number of pyridine rings is 1. The van der Waals surface area contributed by atoms with E-state index >= 15 is 0 Å². The average Bonchev–Trinajstić information content (AvgIpc) is 2.34. The zero-order valence-electron chi connectivity index (χ0n) is 9.74. The molecule has 0 radical (unpaired) electrons. The number of nitrogens with zero attached hydrogens (tertiary/aromatic N) is 1. The van der Waals surface area contributed by atoms with Gasteiger partial charge >= 0.3 is 0 Å². The van der Waals surface area contributed by atoms with E-state index in [9.17, 15) is 0 Å². The molecule has 1 aromatic heterocycles. The van der Waals surface area contributed by atoms with Gasteiger partial charge in [0.15, 0.2) is 0 Å². The summed E-state index contributed by atoms with van der Waals surface area (Å²) < 4.78 is 0. The molecule has 0 aliphatic heterocycles. The van der Waals surface area contributed by atoms with Gasteiger partial charge in [0.25, 0.3) is 0 Å². The van der Waals surface area contributed by atoms with E-state index in [0.29, 0.717) is 0 Å². The Morgan fingerprint density at radius 3 is 2.81 bits per heavy atom. The van der Waals surface area contributed by atoms with Gasteiger partial charge in [0, 0.05) is 18.1 Å². The first kappa shape index (κ1) is 11.1. The molecule has 2 heteroatoms. The molecular weight excluding hydrogens is 196 g/mol. The number of aromatic nitrogens is 1. The monoisotopic (exact) mass is 214 g/mol. The van der Waals surface area contributed by atoms with Gasteiger partial charge in [-0.05, 0) is 24.4 Å². The summed E-state index contributed by atoms with van der Waals surface area (Å²) in [6.07, 6.45) is 4.41. The fraction of sp³-hybridized carbons (Fsp3) is 0.357. The van der Waals surface area contributed by atoms with Gasteiger partial charge in [-0.3, -0.25) is 4.98 Å². The number of unbranched alkanes of at least 4 members (excludes halogenated alkanes) is 1. The molecular formula is C14H18N2. The zero-order chi connectivity index (χ0) is 11.2. The Bertz CT molecular complexity index is 451. The second-order valence-electron chi connectivity index (χ2n) is 4.05. The maximum absolute atomic E-state index is 4.44. The number of fused-ring (bicyclic) bond motifs is 1. The molecule has 2 rings (SSSR count). The van der Waals surface area contributed by atoms with Gasteiger partial charge in [-0.15, -0.1) is 0 Å². The van der Waals surface area contributed by atoms with Crippen molar-refractivity contribution in [3.05, 3.63) is 42.2 Å². The normalized spacial score (nSPS) is 10.8. The minimum absolute atomic E-state index is 0.866. The SMILES string of the molecule is CCCCNCc1cc2ccccc2cn1. The summed E-state index contributed by atoms with van der Waals surface area (Å²) in [6, 6.07) is 10.5. The molecule has 0 fully saturated rings. The Morgan fingerprint density at radius 1 is 1.19 bits per heavy atom. The predicted molar refractivity (Wildman–Crippen MR) is 68.4 cm³/mol. The van der Waals surface area contributed by atoms with E-state index in [-0.39, 0.29) is 0 Å². The van der Waals surface area contributed by atoms with Crippen molar-refractivity contribution in [3.8, 4) is 0 Å². The van der Waals surface area contributed by atoms with Crippen LogP contribution in [0.2, 0.25) is 0 Å². The molecule has 0 atom stereocenters. The summed E-state index contributed by atoms with van der Waals surface area (Å²) in [4.78, 5) is 4.44. The fourth-order valence-electron chi connectivity index (χ4n) is 1.74. The van der Waals surface area contributed by atoms with Crippen LogP contribution in [0.25, 0.3) is 10.8 Å². The van der Waals surface area contributed by atoms with E-state index < -0.39 is 0 Å². The van der Waals surface area contributed by atoms with Gasteiger partial charge in [-0.1, -0.05) is 37.6 Å². The van der Waals surface area contributed by atoms with Gasteiger partial charge in [-0.25, -0.2) is 0 Å². The molecule has 0 amide bonds. The van der Waals surface area contributed by atoms with Crippen molar-refractivity contribution in [2.75, 3.05) is 6.54 Å². The molecule has 0 aliphatic rings. The number of benzene rings is 1. The van der Waals surface area contributed by atoms with Gasteiger partial charge in [0.2, 0.25) is 0 Å². The maximum atomic E-state index is 4.44. The first-order chi connectivity index (χ1) is 7.90. The lowest BCUT2D eigenvalue weighted by Gasteiger charge is -2.04. The van der Waals surface area contributed by atoms with Crippen LogP contribution in [0.15, 0.2) is 36.5 Å². The van der Waals surface area contributed by atoms with E-state index in [2.05, 4.69) is 41.5 Å². The van der Waals surface area contributed by atoms with Crippen molar-refractivity contribution in [1.29, 1.82) is 0 Å². The summed E-state index contributed by atoms with van der Waals surface area (Å²) in [7, 11) is 0. The van der Waals surface area contributed by atoms with E-state index in [1.807, 2.05) is 12.3 Å². The predicted octanol–water partition coefficient (Wildman–Crippen LogP) is 3.12. The Balaban J connectivity index is 2.02. The van der Waals surface area contributed by atoms with Crippen molar-refractivity contribution in [2.24, 2.45) is 0 Å². The van der Waals surface area contributed by atoms with Gasteiger partial charge in [0.05, 0.1) is 5.69 Å². The molecule has 2 aromatic rings. The van der Waals surface area contributed by atoms with E-state index in [1.54, 1.807) is 0 Å². The molecule has 1 heterocycles. The van der Waals surface area contributed by atoms with Gasteiger partial charge in [-0.2, -0.15) is 0 Å². The van der Waals surface area contributed by atoms with Crippen molar-refractivity contribution in [3.63, 3.8) is 0 Å². The van der Waals surface area contributed by atoms with Crippen LogP contribution in [0.5, 0.6) is 0 Å². The Kier molecular flexibility index (Phi) is 3.89. The van der Waals surface area contributed by atoms with Crippen LogP contribution in [0, 0.1) is 0 Å². The van der Waals surface area contributed by atoms with Crippen LogP contribution < -0.4 is 5.32 Å². The van der Waals surface area contributed by atoms with Crippen molar-refractivity contribution in [2.45, 2.75) is 26.3 Å². The number of hydrogen-bond donors (Lipinski definition) is 1. The third kappa shape index (κ3) is 2.80. The molecule has 2 nitrogen and oxygen atoms in total. The first-order valence-electron chi connectivity index (χ1n) is 5.94. The standard InChI is InChI=1S/C14H18N2/c1-2-3-8-15-11-14-9-12-6-4-5-7-13(12)10-16-14/h4-7,9-10,15H,2-3,8,11H2,1H3. The third-order valence-corrected chi connectivity index (χ3v) is 2.70. The molecule has 16 heavy (non-hydrogen) atoms. The van der Waals surface area contributed by atoms with Crippen LogP contribution in [0.1, 0.15) is 25.5 Å². The summed E-state index contributed by atoms with van der Waals surface area (Å²) in [5, 5.41) is 5.88. The summed E-state index contributed by atoms with van der Waals surface area (Å²) in [5.74, 6) is 0. The highest BCUT2D eigenvalue weighted by atomic mass is 14.9. The molecule has 0 spiro atoms. The zero-order valence-corrected chi connectivity index (χ0v) is 9.74. The average molecular weight is 214 g/mol. The lowest BCUT2D eigenvalue weighted by atomic mass is 10.1. The van der Waals surface area contributed by atoms with Gasteiger partial charge in [0.1, 0.15) is 0 Å². The minimum Gasteiger partial charge on any atom is -0.311 e. The summed E-state index contributed by atoms with van der Waals surface area (Å²) in [6.45, 7) is 4.14. The number of hydrogen-bond acceptors (Lipinski definition) is 2. The largest absolute Gasteiger partial charge is 0.311 e. The topological polar surface area (TPSA) is 24.9 Å². The second-order valence-corrected chi connectivity index (χ2v) is 4.05. The summed E-state index contributed by atoms with van der Waals surface area (Å²) >= 11 is 0. The Labute approximate surface area is 96.7 Å². The molecule has 0 saturated heterocycles. The Hall–Kier alpha value is -1.41. The van der Waals surface area contributed by atoms with Crippen LogP contribution in [-0.2, 0) is 6.54 Å². The van der Waals surface area contributed by atoms with Crippen molar-refractivity contribution < 1.29 is 0 Å². The molecule has 1 aromatic carbocycles. The molecule has 0 aliphatic carbocycles. The smallest absolute Gasteiger partial charge is 0.0548 e. The van der Waals surface area contributed by atoms with E-state index in [0.717, 1.165) is 18.8 Å². The second kappa shape index (κ2) is 5.61. The molecule has 0 saturated carbocycles. The summed E-state index contributed by atoms with van der Waals surface area (Å²) in [5.41, 5.74) is 1.12. The van der Waals surface area contributed by atoms with E-state index in [1.165, 1.54) is 23.6 Å². The third-order valence-electron chi connectivity index (χ3n) is 2.70. The lowest BCUT2D eigenvalue weighted by molar-refractivity contribution is 0.634. The van der Waals surface area contributed by atoms with Crippen molar-refractivity contribution in [1.82, 2.24) is 10.3 Å². The highest BCUT2D eigenvalue weighted by molar-refractivity contribution is 5.81. The molecule has 84 valence electrons. The minimum atomic E-state index is 0.866. The number of nitrogens with one attached hydrogen (secondary N) is 1. The van der Waals surface area contributed by atoms with Crippen molar-refractivity contribution >= 4 is 10.8 Å². The van der Waals surface area contributed by atoms with Crippen LogP contribution in [0.3, 0.4) is 0 Å². The highest BCUT2D eigenvalue weighted by Gasteiger charge is 1.96. The fourth-order valence-corrected chi connectivity index (χ4v) is 1.74. The highest BCUT2D eigenvalue weighted by Crippen LogP contribution is 2.12. The molecule has 0 bridgehead atoms. The molecule has 0 unspecified atom stereocenters. The molecule has 1 N–H and O–H groups in total.